The van der Waals surface area contributed by atoms with Crippen molar-refractivity contribution in [2.45, 2.75) is 37.8 Å². The van der Waals surface area contributed by atoms with Crippen molar-refractivity contribution in [2.75, 3.05) is 31.1 Å². The highest BCUT2D eigenvalue weighted by Crippen LogP contribution is 2.37. The molecule has 4 heteroatoms. The highest BCUT2D eigenvalue weighted by Gasteiger charge is 2.43. The fourth-order valence-corrected chi connectivity index (χ4v) is 5.52. The molecule has 2 aromatic carbocycles. The molecule has 1 aliphatic carbocycles. The van der Waals surface area contributed by atoms with Gasteiger partial charge in [-0.2, -0.15) is 0 Å². The summed E-state index contributed by atoms with van der Waals surface area (Å²) in [5.74, 6) is 1.13. The number of benzene rings is 2. The minimum absolute atomic E-state index is 0.198. The van der Waals surface area contributed by atoms with Crippen LogP contribution in [0.25, 0.3) is 6.08 Å². The van der Waals surface area contributed by atoms with E-state index in [1.807, 2.05) is 12.1 Å². The van der Waals surface area contributed by atoms with Crippen LogP contribution < -0.4 is 4.90 Å². The fraction of sp³-hybridized carbons (Fsp3) is 0.423. The molecule has 30 heavy (non-hydrogen) atoms. The maximum atomic E-state index is 13.2. The second-order valence-corrected chi connectivity index (χ2v) is 9.35. The molecule has 0 aromatic heterocycles. The van der Waals surface area contributed by atoms with Crippen LogP contribution in [-0.4, -0.2) is 54.0 Å². The highest BCUT2D eigenvalue weighted by atomic mass is 16.2. The van der Waals surface area contributed by atoms with Gasteiger partial charge in [-0.3, -0.25) is 9.69 Å². The molecule has 3 aliphatic heterocycles. The summed E-state index contributed by atoms with van der Waals surface area (Å²) in [5, 5.41) is 0. The van der Waals surface area contributed by atoms with E-state index in [1.165, 1.54) is 43.5 Å². The normalized spacial score (nSPS) is 25.5. The molecule has 0 radical (unpaired) electrons. The Labute approximate surface area is 178 Å². The van der Waals surface area contributed by atoms with Crippen LogP contribution in [0.1, 0.15) is 41.6 Å². The van der Waals surface area contributed by atoms with E-state index in [-0.39, 0.29) is 5.91 Å². The summed E-state index contributed by atoms with van der Waals surface area (Å²) >= 11 is 0. The SMILES string of the molecule is O=C(c1ccc(N2CC=Cc3ccccc32)cc1)N1CC2CCC(C1)N2CC1CC1. The van der Waals surface area contributed by atoms with Crippen LogP contribution in [0, 0.1) is 5.92 Å². The zero-order valence-electron chi connectivity index (χ0n) is 17.4. The van der Waals surface area contributed by atoms with E-state index >= 15 is 0 Å². The van der Waals surface area contributed by atoms with Crippen LogP contribution in [-0.2, 0) is 0 Å². The van der Waals surface area contributed by atoms with Gasteiger partial charge in [0, 0.05) is 55.2 Å². The van der Waals surface area contributed by atoms with Crippen molar-refractivity contribution < 1.29 is 4.79 Å². The number of nitrogens with zero attached hydrogens (tertiary/aromatic N) is 3. The Morgan fingerprint density at radius 3 is 2.37 bits per heavy atom. The molecule has 0 spiro atoms. The van der Waals surface area contributed by atoms with Gasteiger partial charge in [-0.05, 0) is 67.5 Å². The van der Waals surface area contributed by atoms with Crippen LogP contribution in [0.3, 0.4) is 0 Å². The number of para-hydroxylation sites is 1. The summed E-state index contributed by atoms with van der Waals surface area (Å²) < 4.78 is 0. The summed E-state index contributed by atoms with van der Waals surface area (Å²) in [4.78, 5) is 20.4. The van der Waals surface area contributed by atoms with Gasteiger partial charge in [0.05, 0.1) is 0 Å². The molecule has 2 aromatic rings. The van der Waals surface area contributed by atoms with E-state index in [0.717, 1.165) is 36.8 Å². The number of fused-ring (bicyclic) bond motifs is 3. The molecule has 1 amide bonds. The quantitative estimate of drug-likeness (QED) is 0.755. The second kappa shape index (κ2) is 7.28. The molecule has 3 fully saturated rings. The molecule has 0 N–H and O–H groups in total. The molecule has 1 saturated carbocycles. The number of hydrogen-bond acceptors (Lipinski definition) is 3. The molecule has 2 atom stereocenters. The molecule has 2 unspecified atom stereocenters. The van der Waals surface area contributed by atoms with Gasteiger partial charge >= 0.3 is 0 Å². The predicted octanol–water partition coefficient (Wildman–Crippen LogP) is 4.55. The zero-order valence-corrected chi connectivity index (χ0v) is 17.4. The van der Waals surface area contributed by atoms with Gasteiger partial charge in [-0.15, -0.1) is 0 Å². The van der Waals surface area contributed by atoms with Crippen LogP contribution in [0.15, 0.2) is 54.6 Å². The fourth-order valence-electron chi connectivity index (χ4n) is 5.52. The van der Waals surface area contributed by atoms with Gasteiger partial charge in [0.1, 0.15) is 0 Å². The molecular weight excluding hydrogens is 370 g/mol. The molecular formula is C26H29N3O. The first-order valence-corrected chi connectivity index (χ1v) is 11.4. The average molecular weight is 400 g/mol. The third-order valence-corrected chi connectivity index (χ3v) is 7.33. The van der Waals surface area contributed by atoms with Crippen LogP contribution in [0.5, 0.6) is 0 Å². The first kappa shape index (κ1) is 18.2. The van der Waals surface area contributed by atoms with Gasteiger partial charge in [0.25, 0.3) is 5.91 Å². The molecule has 4 aliphatic rings. The zero-order chi connectivity index (χ0) is 20.1. The number of piperazine rings is 1. The van der Waals surface area contributed by atoms with Crippen molar-refractivity contribution in [1.82, 2.24) is 9.80 Å². The number of hydrogen-bond donors (Lipinski definition) is 0. The van der Waals surface area contributed by atoms with E-state index < -0.39 is 0 Å². The molecule has 2 saturated heterocycles. The van der Waals surface area contributed by atoms with Gasteiger partial charge in [-0.25, -0.2) is 0 Å². The van der Waals surface area contributed by atoms with E-state index in [0.29, 0.717) is 12.1 Å². The lowest BCUT2D eigenvalue weighted by molar-refractivity contribution is 0.0435. The monoisotopic (exact) mass is 399 g/mol. The first-order valence-electron chi connectivity index (χ1n) is 11.4. The number of amides is 1. The summed E-state index contributed by atoms with van der Waals surface area (Å²) in [7, 11) is 0. The van der Waals surface area contributed by atoms with Crippen LogP contribution in [0.2, 0.25) is 0 Å². The number of carbonyl (C=O) groups excluding carboxylic acids is 1. The van der Waals surface area contributed by atoms with Crippen LogP contribution in [0.4, 0.5) is 11.4 Å². The number of likely N-dealkylation sites (tertiary alicyclic amines) is 1. The predicted molar refractivity (Wildman–Crippen MR) is 121 cm³/mol. The maximum absolute atomic E-state index is 13.2. The lowest BCUT2D eigenvalue weighted by Crippen LogP contribution is -2.55. The Hall–Kier alpha value is -2.59. The minimum Gasteiger partial charge on any atom is -0.337 e. The third-order valence-electron chi connectivity index (χ3n) is 7.33. The van der Waals surface area contributed by atoms with E-state index in [1.54, 1.807) is 0 Å². The lowest BCUT2D eigenvalue weighted by Gasteiger charge is -2.41. The van der Waals surface area contributed by atoms with Crippen molar-refractivity contribution in [1.29, 1.82) is 0 Å². The molecule has 154 valence electrons. The average Bonchev–Trinajstić information content (AvgIpc) is 3.58. The Bertz CT molecular complexity index is 964. The van der Waals surface area contributed by atoms with Gasteiger partial charge < -0.3 is 9.80 Å². The molecule has 6 rings (SSSR count). The van der Waals surface area contributed by atoms with E-state index in [4.69, 9.17) is 0 Å². The van der Waals surface area contributed by atoms with E-state index in [2.05, 4.69) is 63.2 Å². The van der Waals surface area contributed by atoms with Crippen molar-refractivity contribution in [2.24, 2.45) is 5.92 Å². The number of anilines is 2. The Morgan fingerprint density at radius 2 is 1.63 bits per heavy atom. The summed E-state index contributed by atoms with van der Waals surface area (Å²) in [6, 6.07) is 17.8. The van der Waals surface area contributed by atoms with Gasteiger partial charge in [-0.1, -0.05) is 30.4 Å². The Balaban J connectivity index is 1.17. The number of rotatable bonds is 4. The maximum Gasteiger partial charge on any atom is 0.253 e. The molecule has 2 bridgehead atoms. The largest absolute Gasteiger partial charge is 0.337 e. The Morgan fingerprint density at radius 1 is 0.900 bits per heavy atom. The number of carbonyl (C=O) groups is 1. The lowest BCUT2D eigenvalue weighted by atomic mass is 10.1. The van der Waals surface area contributed by atoms with Gasteiger partial charge in [0.15, 0.2) is 0 Å². The standard InChI is InChI=1S/C26H29N3O/c30-26(27-17-23-13-14-24(18-27)29(23)16-19-7-8-19)21-9-11-22(12-10-21)28-15-3-5-20-4-1-2-6-25(20)28/h1-6,9-12,19,23-24H,7-8,13-18H2. The minimum atomic E-state index is 0.198. The Kier molecular flexibility index (Phi) is 4.41. The summed E-state index contributed by atoms with van der Waals surface area (Å²) in [6.45, 7) is 3.91. The van der Waals surface area contributed by atoms with Crippen molar-refractivity contribution in [3.8, 4) is 0 Å². The highest BCUT2D eigenvalue weighted by molar-refractivity contribution is 5.95. The third kappa shape index (κ3) is 3.24. The second-order valence-electron chi connectivity index (χ2n) is 9.35. The first-order chi connectivity index (χ1) is 14.8. The van der Waals surface area contributed by atoms with Crippen LogP contribution >= 0.6 is 0 Å². The summed E-state index contributed by atoms with van der Waals surface area (Å²) in [6.07, 6.45) is 9.69. The van der Waals surface area contributed by atoms with Crippen molar-refractivity contribution in [3.63, 3.8) is 0 Å². The van der Waals surface area contributed by atoms with Gasteiger partial charge in [0.2, 0.25) is 0 Å². The smallest absolute Gasteiger partial charge is 0.253 e. The van der Waals surface area contributed by atoms with Crippen molar-refractivity contribution in [3.05, 3.63) is 65.7 Å². The molecule has 4 nitrogen and oxygen atoms in total. The summed E-state index contributed by atoms with van der Waals surface area (Å²) in [5.41, 5.74) is 4.41. The van der Waals surface area contributed by atoms with Crippen molar-refractivity contribution >= 4 is 23.4 Å². The topological polar surface area (TPSA) is 26.8 Å². The van der Waals surface area contributed by atoms with E-state index in [9.17, 15) is 4.79 Å². The molecule has 3 heterocycles.